The van der Waals surface area contributed by atoms with Gasteiger partial charge in [-0.05, 0) is 19.1 Å². The summed E-state index contributed by atoms with van der Waals surface area (Å²) in [5.74, 6) is 0.475. The quantitative estimate of drug-likeness (QED) is 0.871. The number of anilines is 1. The third kappa shape index (κ3) is 5.56. The molecule has 0 spiro atoms. The number of thioether (sulfide) groups is 1. The minimum absolute atomic E-state index is 0.0198. The Morgan fingerprint density at radius 2 is 1.58 bits per heavy atom. The van der Waals surface area contributed by atoms with E-state index in [2.05, 4.69) is 5.32 Å². The van der Waals surface area contributed by atoms with Gasteiger partial charge in [0.2, 0.25) is 17.7 Å². The third-order valence-corrected chi connectivity index (χ3v) is 4.79. The molecule has 1 aromatic rings. The monoisotopic (exact) mass is 349 g/mol. The van der Waals surface area contributed by atoms with Crippen molar-refractivity contribution in [1.82, 2.24) is 9.80 Å². The smallest absolute Gasteiger partial charge is 0.234 e. The van der Waals surface area contributed by atoms with Gasteiger partial charge in [0.1, 0.15) is 0 Å². The molecule has 0 bridgehead atoms. The molecule has 24 heavy (non-hydrogen) atoms. The van der Waals surface area contributed by atoms with Crippen LogP contribution in [0.25, 0.3) is 0 Å². The maximum Gasteiger partial charge on any atom is 0.234 e. The average Bonchev–Trinajstić information content (AvgIpc) is 2.57. The first kappa shape index (κ1) is 18.3. The first-order valence-corrected chi connectivity index (χ1v) is 9.09. The van der Waals surface area contributed by atoms with Gasteiger partial charge in [-0.25, -0.2) is 0 Å². The number of hydrogen-bond donors (Lipinski definition) is 1. The van der Waals surface area contributed by atoms with Crippen molar-refractivity contribution in [2.24, 2.45) is 0 Å². The molecule has 1 aromatic carbocycles. The summed E-state index contributed by atoms with van der Waals surface area (Å²) < 4.78 is 0. The summed E-state index contributed by atoms with van der Waals surface area (Å²) in [7, 11) is 0. The Morgan fingerprint density at radius 3 is 2.17 bits per heavy atom. The first-order valence-electron chi connectivity index (χ1n) is 7.93. The number of benzene rings is 1. The summed E-state index contributed by atoms with van der Waals surface area (Å²) in [6.07, 6.45) is 0. The summed E-state index contributed by atoms with van der Waals surface area (Å²) in [5, 5.41) is 2.81. The first-order chi connectivity index (χ1) is 11.5. The van der Waals surface area contributed by atoms with Gasteiger partial charge in [-0.3, -0.25) is 14.4 Å². The summed E-state index contributed by atoms with van der Waals surface area (Å²) in [6, 6.07) is 7.59. The summed E-state index contributed by atoms with van der Waals surface area (Å²) in [5.41, 5.74) is 1.90. The van der Waals surface area contributed by atoms with Gasteiger partial charge in [-0.1, -0.05) is 17.7 Å². The normalized spacial score (nSPS) is 14.4. The highest BCUT2D eigenvalue weighted by Gasteiger charge is 2.22. The molecule has 7 heteroatoms. The highest BCUT2D eigenvalue weighted by Crippen LogP contribution is 2.11. The van der Waals surface area contributed by atoms with E-state index in [1.54, 1.807) is 16.7 Å². The van der Waals surface area contributed by atoms with E-state index in [0.717, 1.165) is 11.3 Å². The van der Waals surface area contributed by atoms with Crippen LogP contribution in [0.15, 0.2) is 24.3 Å². The summed E-state index contributed by atoms with van der Waals surface area (Å²) in [4.78, 5) is 38.8. The van der Waals surface area contributed by atoms with Gasteiger partial charge in [-0.2, -0.15) is 0 Å². The predicted molar refractivity (Wildman–Crippen MR) is 96.0 cm³/mol. The molecule has 1 heterocycles. The maximum absolute atomic E-state index is 12.1. The van der Waals surface area contributed by atoms with Crippen LogP contribution in [0.3, 0.4) is 0 Å². The Labute approximate surface area is 146 Å². The van der Waals surface area contributed by atoms with Gasteiger partial charge in [0.15, 0.2) is 0 Å². The molecule has 0 aromatic heterocycles. The van der Waals surface area contributed by atoms with Crippen molar-refractivity contribution >= 4 is 35.2 Å². The SMILES string of the molecule is CC(=O)N1CCN(C(=O)CSCC(=O)Nc2ccc(C)cc2)CC1. The molecular weight excluding hydrogens is 326 g/mol. The van der Waals surface area contributed by atoms with Crippen LogP contribution in [0, 0.1) is 6.92 Å². The summed E-state index contributed by atoms with van der Waals surface area (Å²) in [6.45, 7) is 5.83. The Bertz CT molecular complexity index is 596. The number of piperazine rings is 1. The van der Waals surface area contributed by atoms with Crippen molar-refractivity contribution in [3.8, 4) is 0 Å². The fraction of sp³-hybridized carbons (Fsp3) is 0.471. The summed E-state index contributed by atoms with van der Waals surface area (Å²) >= 11 is 1.31. The number of aryl methyl sites for hydroxylation is 1. The lowest BCUT2D eigenvalue weighted by Gasteiger charge is -2.34. The molecule has 1 aliphatic heterocycles. The molecule has 0 radical (unpaired) electrons. The molecule has 1 fully saturated rings. The number of amides is 3. The van der Waals surface area contributed by atoms with E-state index in [1.165, 1.54) is 11.8 Å². The van der Waals surface area contributed by atoms with Crippen molar-refractivity contribution in [3.05, 3.63) is 29.8 Å². The van der Waals surface area contributed by atoms with Crippen LogP contribution in [0.5, 0.6) is 0 Å². The van der Waals surface area contributed by atoms with Crippen LogP contribution < -0.4 is 5.32 Å². The fourth-order valence-electron chi connectivity index (χ4n) is 2.43. The molecule has 1 aliphatic rings. The highest BCUT2D eigenvalue weighted by atomic mass is 32.2. The zero-order valence-electron chi connectivity index (χ0n) is 14.1. The zero-order chi connectivity index (χ0) is 17.5. The second-order valence-corrected chi connectivity index (χ2v) is 6.78. The second-order valence-electron chi connectivity index (χ2n) is 5.79. The molecule has 0 unspecified atom stereocenters. The van der Waals surface area contributed by atoms with Crippen LogP contribution in [0.4, 0.5) is 5.69 Å². The molecule has 0 atom stereocenters. The minimum Gasteiger partial charge on any atom is -0.339 e. The van der Waals surface area contributed by atoms with Gasteiger partial charge >= 0.3 is 0 Å². The van der Waals surface area contributed by atoms with E-state index in [-0.39, 0.29) is 29.2 Å². The average molecular weight is 349 g/mol. The Morgan fingerprint density at radius 1 is 1.00 bits per heavy atom. The molecular formula is C17H23N3O3S. The third-order valence-electron chi connectivity index (χ3n) is 3.87. The number of carbonyl (C=O) groups excluding carboxylic acids is 3. The number of nitrogens with zero attached hydrogens (tertiary/aromatic N) is 2. The predicted octanol–water partition coefficient (Wildman–Crippen LogP) is 1.36. The fourth-order valence-corrected chi connectivity index (χ4v) is 3.14. The molecule has 130 valence electrons. The molecule has 0 saturated carbocycles. The van der Waals surface area contributed by atoms with E-state index in [0.29, 0.717) is 26.2 Å². The van der Waals surface area contributed by atoms with Crippen molar-refractivity contribution < 1.29 is 14.4 Å². The van der Waals surface area contributed by atoms with Crippen LogP contribution in [-0.2, 0) is 14.4 Å². The van der Waals surface area contributed by atoms with Gasteiger partial charge in [0.05, 0.1) is 11.5 Å². The number of nitrogens with one attached hydrogen (secondary N) is 1. The molecule has 1 N–H and O–H groups in total. The standard InChI is InChI=1S/C17H23N3O3S/c1-13-3-5-15(6-4-13)18-16(22)11-24-12-17(23)20-9-7-19(8-10-20)14(2)21/h3-6H,7-12H2,1-2H3,(H,18,22). The van der Waals surface area contributed by atoms with Crippen molar-refractivity contribution in [1.29, 1.82) is 0 Å². The number of hydrogen-bond acceptors (Lipinski definition) is 4. The van der Waals surface area contributed by atoms with Crippen molar-refractivity contribution in [2.45, 2.75) is 13.8 Å². The zero-order valence-corrected chi connectivity index (χ0v) is 14.9. The van der Waals surface area contributed by atoms with E-state index in [1.807, 2.05) is 31.2 Å². The molecule has 1 saturated heterocycles. The minimum atomic E-state index is -0.113. The van der Waals surface area contributed by atoms with E-state index in [4.69, 9.17) is 0 Å². The van der Waals surface area contributed by atoms with Crippen molar-refractivity contribution in [3.63, 3.8) is 0 Å². The maximum atomic E-state index is 12.1. The lowest BCUT2D eigenvalue weighted by molar-refractivity contribution is -0.136. The van der Waals surface area contributed by atoms with Crippen molar-refractivity contribution in [2.75, 3.05) is 43.0 Å². The van der Waals surface area contributed by atoms with Crippen LogP contribution in [0.1, 0.15) is 12.5 Å². The highest BCUT2D eigenvalue weighted by molar-refractivity contribution is 8.00. The Balaban J connectivity index is 1.66. The molecule has 0 aliphatic carbocycles. The van der Waals surface area contributed by atoms with Crippen LogP contribution in [0.2, 0.25) is 0 Å². The lowest BCUT2D eigenvalue weighted by atomic mass is 10.2. The van der Waals surface area contributed by atoms with Gasteiger partial charge in [0, 0.05) is 38.8 Å². The number of rotatable bonds is 5. The molecule has 2 rings (SSSR count). The topological polar surface area (TPSA) is 69.7 Å². The van der Waals surface area contributed by atoms with E-state index in [9.17, 15) is 14.4 Å². The van der Waals surface area contributed by atoms with Crippen LogP contribution in [-0.4, -0.2) is 65.2 Å². The molecule has 6 nitrogen and oxygen atoms in total. The van der Waals surface area contributed by atoms with E-state index >= 15 is 0 Å². The Hall–Kier alpha value is -2.02. The lowest BCUT2D eigenvalue weighted by Crippen LogP contribution is -2.50. The largest absolute Gasteiger partial charge is 0.339 e. The second kappa shape index (κ2) is 8.73. The van der Waals surface area contributed by atoms with Gasteiger partial charge < -0.3 is 15.1 Å². The Kier molecular flexibility index (Phi) is 6.66. The number of carbonyl (C=O) groups is 3. The van der Waals surface area contributed by atoms with E-state index < -0.39 is 0 Å². The van der Waals surface area contributed by atoms with Crippen LogP contribution >= 0.6 is 11.8 Å². The molecule has 3 amide bonds. The van der Waals surface area contributed by atoms with Gasteiger partial charge in [0.25, 0.3) is 0 Å². The van der Waals surface area contributed by atoms with Gasteiger partial charge in [-0.15, -0.1) is 11.8 Å².